The number of carboxylic acids is 2. The van der Waals surface area contributed by atoms with Gasteiger partial charge in [0, 0.05) is 30.1 Å². The molecule has 0 aliphatic carbocycles. The number of aromatic amines is 1. The van der Waals surface area contributed by atoms with E-state index in [1.807, 2.05) is 6.07 Å². The van der Waals surface area contributed by atoms with Gasteiger partial charge < -0.3 is 29.2 Å². The molecule has 0 radical (unpaired) electrons. The van der Waals surface area contributed by atoms with Crippen molar-refractivity contribution in [1.29, 1.82) is 0 Å². The molecule has 2 aromatic carbocycles. The minimum absolute atomic E-state index is 0.0836. The van der Waals surface area contributed by atoms with Gasteiger partial charge in [-0.05, 0) is 55.3 Å². The molecule has 6 rings (SSSR count). The Bertz CT molecular complexity index is 1800. The summed E-state index contributed by atoms with van der Waals surface area (Å²) < 4.78 is 23.8. The molecule has 14 nitrogen and oxygen atoms in total. The highest BCUT2D eigenvalue weighted by Crippen LogP contribution is 2.32. The molecule has 3 unspecified atom stereocenters. The second-order valence-corrected chi connectivity index (χ2v) is 9.81. The average molecular weight is 597 g/mol. The van der Waals surface area contributed by atoms with Crippen LogP contribution in [0.4, 0.5) is 0 Å². The molecule has 2 aliphatic rings. The normalized spacial score (nSPS) is 19.0. The quantitative estimate of drug-likeness (QED) is 0.264. The number of carboxylic acid groups (broad SMARTS) is 2. The van der Waals surface area contributed by atoms with Crippen LogP contribution in [0.1, 0.15) is 57.6 Å². The maximum absolute atomic E-state index is 12.2. The molecule has 4 aromatic rings. The van der Waals surface area contributed by atoms with E-state index in [0.29, 0.717) is 35.7 Å². The second-order valence-electron chi connectivity index (χ2n) is 9.81. The summed E-state index contributed by atoms with van der Waals surface area (Å²) in [6.07, 6.45) is 1.49. The third-order valence-corrected chi connectivity index (χ3v) is 6.69. The zero-order valence-corrected chi connectivity index (χ0v) is 23.0. The minimum atomic E-state index is -1.26. The van der Waals surface area contributed by atoms with E-state index in [4.69, 9.17) is 24.1 Å². The number of aromatic carboxylic acids is 2. The number of rotatable bonds is 7. The molecule has 3 N–H and O–H groups in total. The Morgan fingerprint density at radius 3 is 2.52 bits per heavy atom. The van der Waals surface area contributed by atoms with Crippen LogP contribution in [0.15, 0.2) is 48.5 Å². The van der Waals surface area contributed by atoms with E-state index in [1.165, 1.54) is 4.68 Å². The fraction of sp³-hybridized carbons (Fsp3) is 0.267. The molecular weight excluding hydrogens is 572 g/mol. The number of carbonyl (C=O) groups is 2. The van der Waals surface area contributed by atoms with Gasteiger partial charge in [0.2, 0.25) is 11.4 Å². The predicted octanol–water partition coefficient (Wildman–Crippen LogP) is 3.49. The Morgan fingerprint density at radius 2 is 1.75 bits per heavy atom. The Balaban J connectivity index is 1.10. The molecule has 2 saturated heterocycles. The highest BCUT2D eigenvalue weighted by atomic mass is 16.5. The molecule has 0 saturated carbocycles. The predicted molar refractivity (Wildman–Crippen MR) is 149 cm³/mol. The summed E-state index contributed by atoms with van der Waals surface area (Å²) in [5.41, 5.74) is 0.886. The van der Waals surface area contributed by atoms with E-state index in [2.05, 4.69) is 49.4 Å². The summed E-state index contributed by atoms with van der Waals surface area (Å²) in [7, 11) is 0. The Morgan fingerprint density at radius 1 is 0.932 bits per heavy atom. The van der Waals surface area contributed by atoms with Gasteiger partial charge in [-0.15, -0.1) is 0 Å². The van der Waals surface area contributed by atoms with Crippen LogP contribution in [0.25, 0.3) is 0 Å². The molecule has 222 valence electrons. The first kappa shape index (κ1) is 28.4. The number of hydrogen-bond acceptors (Lipinski definition) is 10. The van der Waals surface area contributed by atoms with Crippen molar-refractivity contribution in [2.75, 3.05) is 13.2 Å². The van der Waals surface area contributed by atoms with Crippen LogP contribution in [0.5, 0.6) is 23.3 Å². The highest BCUT2D eigenvalue weighted by molar-refractivity contribution is 5.88. The molecule has 14 heteroatoms. The van der Waals surface area contributed by atoms with E-state index in [-0.39, 0.29) is 41.8 Å². The number of benzene rings is 2. The van der Waals surface area contributed by atoms with Crippen molar-refractivity contribution in [1.82, 2.24) is 30.4 Å². The minimum Gasteiger partial charge on any atom is -0.476 e. The van der Waals surface area contributed by atoms with E-state index in [1.54, 1.807) is 42.5 Å². The zero-order valence-electron chi connectivity index (χ0n) is 23.0. The van der Waals surface area contributed by atoms with Crippen molar-refractivity contribution in [2.24, 2.45) is 5.92 Å². The Kier molecular flexibility index (Phi) is 8.18. The van der Waals surface area contributed by atoms with Crippen LogP contribution >= 0.6 is 0 Å². The first-order valence-corrected chi connectivity index (χ1v) is 13.6. The van der Waals surface area contributed by atoms with Gasteiger partial charge in [0.1, 0.15) is 17.6 Å². The fourth-order valence-corrected chi connectivity index (χ4v) is 4.55. The number of aromatic nitrogens is 6. The molecule has 0 bridgehead atoms. The van der Waals surface area contributed by atoms with Crippen molar-refractivity contribution in [3.63, 3.8) is 0 Å². The Labute approximate surface area is 249 Å². The molecule has 0 spiro atoms. The van der Waals surface area contributed by atoms with Crippen molar-refractivity contribution in [3.8, 4) is 46.9 Å². The van der Waals surface area contributed by atoms with Crippen LogP contribution in [0.2, 0.25) is 0 Å². The van der Waals surface area contributed by atoms with Gasteiger partial charge in [0.25, 0.3) is 11.8 Å². The first-order valence-electron chi connectivity index (χ1n) is 13.6. The molecule has 3 atom stereocenters. The molecule has 2 fully saturated rings. The Hall–Kier alpha value is -5.70. The number of nitrogens with one attached hydrogen (secondary N) is 1. The molecule has 44 heavy (non-hydrogen) atoms. The van der Waals surface area contributed by atoms with Crippen LogP contribution in [0, 0.1) is 29.6 Å². The molecule has 4 heterocycles. The average Bonchev–Trinajstić information content (AvgIpc) is 3.83. The summed E-state index contributed by atoms with van der Waals surface area (Å²) in [4.78, 5) is 23.4. The van der Waals surface area contributed by atoms with Gasteiger partial charge >= 0.3 is 11.9 Å². The topological polar surface area (TPSA) is 184 Å². The third-order valence-electron chi connectivity index (χ3n) is 6.69. The number of nitrogens with zero attached hydrogens (tertiary/aromatic N) is 5. The standard InChI is InChI=1S/C30H24N6O8/c37-29(38)25-27(32-34-31-25)43-22-12-8-18(9-13-22)6-7-20-16-24(42-17-20)36-26(30(39)40)28(33-35-36)44-23-4-1-3-19(15-23)10-11-21-5-2-14-41-21/h1,3-4,8-9,12-13,15,20-21,24H,2,5,14,16-17H2,(H,37,38)(H,39,40)(H,31,32,34). The zero-order chi connectivity index (χ0) is 30.5. The molecule has 2 aromatic heterocycles. The van der Waals surface area contributed by atoms with Gasteiger partial charge in [-0.1, -0.05) is 50.4 Å². The van der Waals surface area contributed by atoms with Crippen LogP contribution in [-0.4, -0.2) is 71.9 Å². The van der Waals surface area contributed by atoms with Crippen molar-refractivity contribution in [3.05, 3.63) is 71.0 Å². The number of hydrogen-bond donors (Lipinski definition) is 3. The molecule has 0 amide bonds. The van der Waals surface area contributed by atoms with Gasteiger partial charge in [-0.2, -0.15) is 0 Å². The van der Waals surface area contributed by atoms with Crippen LogP contribution < -0.4 is 9.47 Å². The summed E-state index contributed by atoms with van der Waals surface area (Å²) in [5, 5.41) is 36.4. The molecular formula is C30H24N6O8. The first-order chi connectivity index (χ1) is 21.4. The van der Waals surface area contributed by atoms with Crippen LogP contribution in [0.3, 0.4) is 0 Å². The monoisotopic (exact) mass is 596 g/mol. The van der Waals surface area contributed by atoms with Crippen LogP contribution in [-0.2, 0) is 9.47 Å². The van der Waals surface area contributed by atoms with Crippen molar-refractivity contribution >= 4 is 11.9 Å². The smallest absolute Gasteiger partial charge is 0.360 e. The lowest BCUT2D eigenvalue weighted by Gasteiger charge is -2.11. The maximum Gasteiger partial charge on any atom is 0.360 e. The summed E-state index contributed by atoms with van der Waals surface area (Å²) in [5.74, 6) is 10.1. The number of ether oxygens (including phenoxy) is 4. The summed E-state index contributed by atoms with van der Waals surface area (Å²) in [6, 6.07) is 13.6. The van der Waals surface area contributed by atoms with Gasteiger partial charge in [0.05, 0.1) is 6.61 Å². The van der Waals surface area contributed by atoms with Gasteiger partial charge in [-0.3, -0.25) is 0 Å². The third kappa shape index (κ3) is 6.52. The van der Waals surface area contributed by atoms with Gasteiger partial charge in [-0.25, -0.2) is 19.4 Å². The highest BCUT2D eigenvalue weighted by Gasteiger charge is 2.33. The lowest BCUT2D eigenvalue weighted by Crippen LogP contribution is -2.16. The van der Waals surface area contributed by atoms with Gasteiger partial charge in [0.15, 0.2) is 6.23 Å². The van der Waals surface area contributed by atoms with Crippen molar-refractivity contribution < 1.29 is 38.7 Å². The SMILES string of the molecule is O=C(O)c1[nH]nnc1Oc1ccc(C#CC2COC(n3nnc(Oc4cccc(C#CC5CCCO5)c4)c3C(=O)O)C2)cc1. The van der Waals surface area contributed by atoms with E-state index in [0.717, 1.165) is 12.8 Å². The lowest BCUT2D eigenvalue weighted by molar-refractivity contribution is 0.0371. The van der Waals surface area contributed by atoms with Crippen molar-refractivity contribution in [2.45, 2.75) is 31.6 Å². The van der Waals surface area contributed by atoms with E-state index >= 15 is 0 Å². The second kappa shape index (κ2) is 12.7. The molecule has 2 aliphatic heterocycles. The maximum atomic E-state index is 12.2. The largest absolute Gasteiger partial charge is 0.476 e. The van der Waals surface area contributed by atoms with E-state index < -0.39 is 18.2 Å². The summed E-state index contributed by atoms with van der Waals surface area (Å²) in [6.45, 7) is 0.979. The lowest BCUT2D eigenvalue weighted by atomic mass is 10.1. The van der Waals surface area contributed by atoms with E-state index in [9.17, 15) is 14.7 Å². The number of H-pyrrole nitrogens is 1. The fourth-order valence-electron chi connectivity index (χ4n) is 4.55. The summed E-state index contributed by atoms with van der Waals surface area (Å²) >= 11 is 0.